The van der Waals surface area contributed by atoms with E-state index in [0.29, 0.717) is 0 Å². The van der Waals surface area contributed by atoms with Gasteiger partial charge in [0.1, 0.15) is 0 Å². The first-order chi connectivity index (χ1) is 5.90. The molecule has 0 spiro atoms. The molecule has 2 saturated heterocycles. The van der Waals surface area contributed by atoms with Crippen LogP contribution in [0, 0.1) is 11.8 Å². The highest BCUT2D eigenvalue weighted by Crippen LogP contribution is 2.29. The van der Waals surface area contributed by atoms with E-state index in [1.165, 1.54) is 45.6 Å². The lowest BCUT2D eigenvalue weighted by Gasteiger charge is -2.44. The molecule has 2 heterocycles. The third-order valence-corrected chi connectivity index (χ3v) is 3.48. The van der Waals surface area contributed by atoms with E-state index >= 15 is 0 Å². The smallest absolute Gasteiger partial charge is 0.00246 e. The second kappa shape index (κ2) is 3.75. The van der Waals surface area contributed by atoms with Crippen molar-refractivity contribution in [1.82, 2.24) is 10.2 Å². The van der Waals surface area contributed by atoms with E-state index in [2.05, 4.69) is 17.1 Å². The van der Waals surface area contributed by atoms with Gasteiger partial charge in [-0.05, 0) is 44.3 Å². The first kappa shape index (κ1) is 8.52. The number of hydrogen-bond donors (Lipinski definition) is 1. The van der Waals surface area contributed by atoms with Crippen LogP contribution in [0.3, 0.4) is 0 Å². The Labute approximate surface area is 75.3 Å². The van der Waals surface area contributed by atoms with E-state index in [9.17, 15) is 0 Å². The zero-order valence-electron chi connectivity index (χ0n) is 8.05. The van der Waals surface area contributed by atoms with E-state index in [1.54, 1.807) is 0 Å². The van der Waals surface area contributed by atoms with Crippen LogP contribution in [0.4, 0.5) is 0 Å². The molecule has 2 aliphatic heterocycles. The zero-order valence-corrected chi connectivity index (χ0v) is 8.05. The number of hydrogen-bond acceptors (Lipinski definition) is 2. The predicted octanol–water partition coefficient (Wildman–Crippen LogP) is 0.938. The van der Waals surface area contributed by atoms with Crippen LogP contribution in [0.25, 0.3) is 0 Å². The Bertz CT molecular complexity index is 135. The zero-order chi connectivity index (χ0) is 8.39. The lowest BCUT2D eigenvalue weighted by Crippen LogP contribution is -2.51. The van der Waals surface area contributed by atoms with Crippen molar-refractivity contribution in [3.8, 4) is 0 Å². The molecular weight excluding hydrogens is 148 g/mol. The van der Waals surface area contributed by atoms with Crippen molar-refractivity contribution in [3.05, 3.63) is 0 Å². The molecule has 0 aromatic carbocycles. The van der Waals surface area contributed by atoms with Crippen molar-refractivity contribution in [2.75, 3.05) is 32.7 Å². The Hall–Kier alpha value is -0.0800. The van der Waals surface area contributed by atoms with Gasteiger partial charge >= 0.3 is 0 Å². The van der Waals surface area contributed by atoms with E-state index in [0.717, 1.165) is 11.8 Å². The summed E-state index contributed by atoms with van der Waals surface area (Å²) in [6, 6.07) is 0. The first-order valence-corrected chi connectivity index (χ1v) is 5.33. The van der Waals surface area contributed by atoms with Crippen LogP contribution in [0.15, 0.2) is 0 Å². The molecule has 0 aromatic rings. The van der Waals surface area contributed by atoms with Crippen LogP contribution in [-0.4, -0.2) is 37.6 Å². The van der Waals surface area contributed by atoms with Crippen LogP contribution >= 0.6 is 0 Å². The molecule has 12 heavy (non-hydrogen) atoms. The van der Waals surface area contributed by atoms with Crippen molar-refractivity contribution >= 4 is 0 Å². The Kier molecular flexibility index (Phi) is 2.66. The highest BCUT2D eigenvalue weighted by Gasteiger charge is 2.32. The molecule has 0 bridgehead atoms. The Balaban J connectivity index is 1.72. The van der Waals surface area contributed by atoms with Gasteiger partial charge in [-0.15, -0.1) is 0 Å². The number of nitrogens with one attached hydrogen (secondary N) is 1. The number of likely N-dealkylation sites (tertiary alicyclic amines) is 1. The van der Waals surface area contributed by atoms with Crippen molar-refractivity contribution in [3.63, 3.8) is 0 Å². The molecule has 1 N–H and O–H groups in total. The third kappa shape index (κ3) is 1.64. The van der Waals surface area contributed by atoms with E-state index in [4.69, 9.17) is 0 Å². The summed E-state index contributed by atoms with van der Waals surface area (Å²) in [5.41, 5.74) is 0. The molecule has 70 valence electrons. The maximum Gasteiger partial charge on any atom is 0.00246 e. The molecule has 0 atom stereocenters. The highest BCUT2D eigenvalue weighted by molar-refractivity contribution is 4.86. The van der Waals surface area contributed by atoms with Crippen molar-refractivity contribution < 1.29 is 0 Å². The van der Waals surface area contributed by atoms with Crippen LogP contribution in [0.5, 0.6) is 0 Å². The highest BCUT2D eigenvalue weighted by atomic mass is 15.2. The summed E-state index contributed by atoms with van der Waals surface area (Å²) in [5.74, 6) is 2.07. The first-order valence-electron chi connectivity index (χ1n) is 5.33. The van der Waals surface area contributed by atoms with Crippen molar-refractivity contribution in [1.29, 1.82) is 0 Å². The summed E-state index contributed by atoms with van der Waals surface area (Å²) in [7, 11) is 0. The minimum absolute atomic E-state index is 1.03. The summed E-state index contributed by atoms with van der Waals surface area (Å²) in [4.78, 5) is 2.55. The summed E-state index contributed by atoms with van der Waals surface area (Å²) in [6.07, 6.45) is 2.84. The minimum Gasteiger partial charge on any atom is -0.317 e. The summed E-state index contributed by atoms with van der Waals surface area (Å²) in [6.45, 7) is 8.78. The molecule has 2 aliphatic rings. The second-order valence-electron chi connectivity index (χ2n) is 4.20. The fraction of sp³-hybridized carbons (Fsp3) is 1.00. The normalized spacial score (nSPS) is 28.8. The quantitative estimate of drug-likeness (QED) is 0.660. The lowest BCUT2D eigenvalue weighted by molar-refractivity contribution is 0.0502. The van der Waals surface area contributed by atoms with Gasteiger partial charge in [-0.3, -0.25) is 0 Å². The molecule has 2 fully saturated rings. The Morgan fingerprint density at radius 1 is 1.17 bits per heavy atom. The third-order valence-electron chi connectivity index (χ3n) is 3.48. The molecule has 0 radical (unpaired) electrons. The Morgan fingerprint density at radius 3 is 2.42 bits per heavy atom. The van der Waals surface area contributed by atoms with Gasteiger partial charge < -0.3 is 10.2 Å². The summed E-state index contributed by atoms with van der Waals surface area (Å²) in [5, 5.41) is 3.43. The van der Waals surface area contributed by atoms with Gasteiger partial charge in [0.05, 0.1) is 0 Å². The molecule has 0 amide bonds. The fourth-order valence-electron chi connectivity index (χ4n) is 2.48. The number of piperidine rings is 1. The molecule has 0 aromatic heterocycles. The van der Waals surface area contributed by atoms with Gasteiger partial charge in [0.25, 0.3) is 0 Å². The minimum atomic E-state index is 1.03. The average Bonchev–Trinajstić information content (AvgIpc) is 2.04. The van der Waals surface area contributed by atoms with Crippen molar-refractivity contribution in [2.24, 2.45) is 11.8 Å². The van der Waals surface area contributed by atoms with Gasteiger partial charge in [-0.1, -0.05) is 6.92 Å². The van der Waals surface area contributed by atoms with Crippen LogP contribution in [0.1, 0.15) is 19.8 Å². The van der Waals surface area contributed by atoms with E-state index < -0.39 is 0 Å². The SMILES string of the molecule is CCN1CC(C2CCNCC2)C1. The summed E-state index contributed by atoms with van der Waals surface area (Å²) < 4.78 is 0. The van der Waals surface area contributed by atoms with Gasteiger partial charge in [0.2, 0.25) is 0 Å². The molecular formula is C10H20N2. The van der Waals surface area contributed by atoms with E-state index in [1.807, 2.05) is 0 Å². The largest absolute Gasteiger partial charge is 0.317 e. The van der Waals surface area contributed by atoms with Crippen LogP contribution < -0.4 is 5.32 Å². The fourth-order valence-corrected chi connectivity index (χ4v) is 2.48. The maximum absolute atomic E-state index is 3.43. The van der Waals surface area contributed by atoms with Gasteiger partial charge in [0.15, 0.2) is 0 Å². The monoisotopic (exact) mass is 168 g/mol. The summed E-state index contributed by atoms with van der Waals surface area (Å²) >= 11 is 0. The molecule has 2 nitrogen and oxygen atoms in total. The molecule has 2 heteroatoms. The molecule has 2 rings (SSSR count). The molecule has 0 saturated carbocycles. The van der Waals surface area contributed by atoms with Crippen LogP contribution in [0.2, 0.25) is 0 Å². The molecule has 0 aliphatic carbocycles. The second-order valence-corrected chi connectivity index (χ2v) is 4.20. The maximum atomic E-state index is 3.43. The van der Waals surface area contributed by atoms with Crippen LogP contribution in [-0.2, 0) is 0 Å². The number of rotatable bonds is 2. The van der Waals surface area contributed by atoms with Gasteiger partial charge in [0, 0.05) is 13.1 Å². The van der Waals surface area contributed by atoms with Gasteiger partial charge in [-0.2, -0.15) is 0 Å². The Morgan fingerprint density at radius 2 is 1.83 bits per heavy atom. The topological polar surface area (TPSA) is 15.3 Å². The average molecular weight is 168 g/mol. The standard InChI is InChI=1S/C10H20N2/c1-2-12-7-10(8-12)9-3-5-11-6-4-9/h9-11H,2-8H2,1H3. The molecule has 0 unspecified atom stereocenters. The van der Waals surface area contributed by atoms with Crippen molar-refractivity contribution in [2.45, 2.75) is 19.8 Å². The van der Waals surface area contributed by atoms with E-state index in [-0.39, 0.29) is 0 Å². The lowest BCUT2D eigenvalue weighted by atomic mass is 9.80. The predicted molar refractivity (Wildman–Crippen MR) is 51.2 cm³/mol. The van der Waals surface area contributed by atoms with Gasteiger partial charge in [-0.25, -0.2) is 0 Å². The number of nitrogens with zero attached hydrogens (tertiary/aromatic N) is 1.